The standard InChI is InChI=1S/C13H13ClN2O3S2/c1-7-8(2)20-13(15-7)16-12(17)10-6-9(21(3,18)19)4-5-11(10)14/h4-6H,1-3H3,(H,15,16,17). The van der Waals surface area contributed by atoms with Crippen LogP contribution >= 0.6 is 22.9 Å². The first kappa shape index (κ1) is 15.9. The minimum Gasteiger partial charge on any atom is -0.298 e. The van der Waals surface area contributed by atoms with Crippen LogP contribution in [-0.4, -0.2) is 25.6 Å². The number of amides is 1. The van der Waals surface area contributed by atoms with Gasteiger partial charge in [-0.05, 0) is 32.0 Å². The molecule has 5 nitrogen and oxygen atoms in total. The number of hydrogen-bond donors (Lipinski definition) is 1. The van der Waals surface area contributed by atoms with E-state index in [2.05, 4.69) is 10.3 Å². The Bertz CT molecular complexity index is 793. The van der Waals surface area contributed by atoms with Gasteiger partial charge < -0.3 is 0 Å². The topological polar surface area (TPSA) is 76.1 Å². The van der Waals surface area contributed by atoms with Gasteiger partial charge in [-0.25, -0.2) is 13.4 Å². The summed E-state index contributed by atoms with van der Waals surface area (Å²) in [6.07, 6.45) is 1.07. The molecule has 1 N–H and O–H groups in total. The fourth-order valence-corrected chi connectivity index (χ4v) is 3.26. The van der Waals surface area contributed by atoms with Crippen molar-refractivity contribution in [2.45, 2.75) is 18.7 Å². The Hall–Kier alpha value is -1.44. The number of nitrogens with one attached hydrogen (secondary N) is 1. The van der Waals surface area contributed by atoms with Gasteiger partial charge in [-0.15, -0.1) is 11.3 Å². The smallest absolute Gasteiger partial charge is 0.259 e. The summed E-state index contributed by atoms with van der Waals surface area (Å²) < 4.78 is 23.1. The van der Waals surface area contributed by atoms with E-state index >= 15 is 0 Å². The normalized spacial score (nSPS) is 11.4. The van der Waals surface area contributed by atoms with E-state index in [1.165, 1.54) is 29.5 Å². The first-order chi connectivity index (χ1) is 9.68. The molecule has 0 saturated heterocycles. The van der Waals surface area contributed by atoms with Gasteiger partial charge in [0.2, 0.25) is 0 Å². The van der Waals surface area contributed by atoms with E-state index < -0.39 is 15.7 Å². The number of benzene rings is 1. The van der Waals surface area contributed by atoms with E-state index in [1.807, 2.05) is 13.8 Å². The first-order valence-corrected chi connectivity index (χ1v) is 9.02. The van der Waals surface area contributed by atoms with Crippen LogP contribution < -0.4 is 5.32 Å². The van der Waals surface area contributed by atoms with Crippen LogP contribution in [0.25, 0.3) is 0 Å². The molecule has 0 aliphatic rings. The highest BCUT2D eigenvalue weighted by Gasteiger charge is 2.17. The summed E-state index contributed by atoms with van der Waals surface area (Å²) in [7, 11) is -3.40. The van der Waals surface area contributed by atoms with Gasteiger partial charge in [-0.2, -0.15) is 0 Å². The number of aryl methyl sites for hydroxylation is 2. The first-order valence-electron chi connectivity index (χ1n) is 5.93. The van der Waals surface area contributed by atoms with Crippen molar-refractivity contribution in [3.8, 4) is 0 Å². The van der Waals surface area contributed by atoms with Crippen molar-refractivity contribution in [1.29, 1.82) is 0 Å². The van der Waals surface area contributed by atoms with Gasteiger partial charge in [0.05, 0.1) is 21.2 Å². The predicted octanol–water partition coefficient (Wildman–Crippen LogP) is 3.07. The number of rotatable bonds is 3. The molecular formula is C13H13ClN2O3S2. The van der Waals surface area contributed by atoms with Crippen molar-refractivity contribution in [3.05, 3.63) is 39.4 Å². The Morgan fingerprint density at radius 3 is 2.52 bits per heavy atom. The van der Waals surface area contributed by atoms with Crippen molar-refractivity contribution in [3.63, 3.8) is 0 Å². The number of anilines is 1. The minimum absolute atomic E-state index is 0.0450. The molecule has 8 heteroatoms. The number of carbonyl (C=O) groups excluding carboxylic acids is 1. The second kappa shape index (κ2) is 5.75. The Morgan fingerprint density at radius 2 is 2.00 bits per heavy atom. The average Bonchev–Trinajstić information content (AvgIpc) is 2.67. The van der Waals surface area contributed by atoms with Gasteiger partial charge in [-0.1, -0.05) is 11.6 Å². The molecule has 0 unspecified atom stereocenters. The van der Waals surface area contributed by atoms with Gasteiger partial charge in [0.15, 0.2) is 15.0 Å². The van der Waals surface area contributed by atoms with E-state index in [4.69, 9.17) is 11.6 Å². The zero-order valence-corrected chi connectivity index (χ0v) is 14.0. The summed E-state index contributed by atoms with van der Waals surface area (Å²) in [5.41, 5.74) is 0.941. The quantitative estimate of drug-likeness (QED) is 0.928. The molecule has 0 fully saturated rings. The highest BCUT2D eigenvalue weighted by molar-refractivity contribution is 7.90. The lowest BCUT2D eigenvalue weighted by molar-refractivity contribution is 0.102. The fraction of sp³-hybridized carbons (Fsp3) is 0.231. The SMILES string of the molecule is Cc1nc(NC(=O)c2cc(S(C)(=O)=O)ccc2Cl)sc1C. The summed E-state index contributed by atoms with van der Waals surface area (Å²) >= 11 is 7.32. The van der Waals surface area contributed by atoms with Crippen LogP contribution in [0.3, 0.4) is 0 Å². The van der Waals surface area contributed by atoms with Crippen LogP contribution in [0.2, 0.25) is 5.02 Å². The number of nitrogens with zero attached hydrogens (tertiary/aromatic N) is 1. The molecule has 0 aliphatic heterocycles. The van der Waals surface area contributed by atoms with Gasteiger partial charge in [-0.3, -0.25) is 10.1 Å². The zero-order valence-electron chi connectivity index (χ0n) is 11.6. The maximum absolute atomic E-state index is 12.2. The third-order valence-corrected chi connectivity index (χ3v) is 5.29. The van der Waals surface area contributed by atoms with Crippen LogP contribution in [0.5, 0.6) is 0 Å². The van der Waals surface area contributed by atoms with Crippen LogP contribution in [0.4, 0.5) is 5.13 Å². The molecular weight excluding hydrogens is 332 g/mol. The molecule has 1 aromatic carbocycles. The molecule has 1 aromatic heterocycles. The second-order valence-electron chi connectivity index (χ2n) is 4.53. The number of carbonyl (C=O) groups is 1. The minimum atomic E-state index is -3.40. The largest absolute Gasteiger partial charge is 0.298 e. The highest BCUT2D eigenvalue weighted by atomic mass is 35.5. The molecule has 0 spiro atoms. The number of sulfone groups is 1. The van der Waals surface area contributed by atoms with Crippen LogP contribution in [0.1, 0.15) is 20.9 Å². The van der Waals surface area contributed by atoms with Crippen molar-refractivity contribution in [2.24, 2.45) is 0 Å². The van der Waals surface area contributed by atoms with Crippen molar-refractivity contribution in [2.75, 3.05) is 11.6 Å². The lowest BCUT2D eigenvalue weighted by atomic mass is 10.2. The monoisotopic (exact) mass is 344 g/mol. The van der Waals surface area contributed by atoms with E-state index in [9.17, 15) is 13.2 Å². The van der Waals surface area contributed by atoms with Crippen molar-refractivity contribution < 1.29 is 13.2 Å². The molecule has 2 rings (SSSR count). The summed E-state index contributed by atoms with van der Waals surface area (Å²) in [5, 5.41) is 3.27. The number of hydrogen-bond acceptors (Lipinski definition) is 5. The van der Waals surface area contributed by atoms with Crippen LogP contribution in [0, 0.1) is 13.8 Å². The number of halogens is 1. The Labute approximate surface area is 131 Å². The number of thiazole rings is 1. The van der Waals surface area contributed by atoms with Crippen LogP contribution in [0.15, 0.2) is 23.1 Å². The second-order valence-corrected chi connectivity index (χ2v) is 8.15. The zero-order chi connectivity index (χ0) is 15.8. The molecule has 112 valence electrons. The van der Waals surface area contributed by atoms with E-state index in [0.29, 0.717) is 5.13 Å². The average molecular weight is 345 g/mol. The third kappa shape index (κ3) is 3.61. The molecule has 0 saturated carbocycles. The van der Waals surface area contributed by atoms with Gasteiger partial charge in [0.1, 0.15) is 0 Å². The van der Waals surface area contributed by atoms with E-state index in [0.717, 1.165) is 16.8 Å². The molecule has 0 aliphatic carbocycles. The van der Waals surface area contributed by atoms with E-state index in [-0.39, 0.29) is 15.5 Å². The highest BCUT2D eigenvalue weighted by Crippen LogP contribution is 2.24. The lowest BCUT2D eigenvalue weighted by Crippen LogP contribution is -2.13. The maximum atomic E-state index is 12.2. The van der Waals surface area contributed by atoms with Gasteiger partial charge >= 0.3 is 0 Å². The number of aromatic nitrogens is 1. The molecule has 1 heterocycles. The molecule has 0 radical (unpaired) electrons. The van der Waals surface area contributed by atoms with Gasteiger partial charge in [0.25, 0.3) is 5.91 Å². The molecule has 1 amide bonds. The molecule has 21 heavy (non-hydrogen) atoms. The Morgan fingerprint density at radius 1 is 1.33 bits per heavy atom. The summed E-state index contributed by atoms with van der Waals surface area (Å²) in [4.78, 5) is 17.5. The summed E-state index contributed by atoms with van der Waals surface area (Å²) in [6.45, 7) is 3.75. The third-order valence-electron chi connectivity index (χ3n) is 2.86. The van der Waals surface area contributed by atoms with E-state index in [1.54, 1.807) is 0 Å². The molecule has 0 bridgehead atoms. The lowest BCUT2D eigenvalue weighted by Gasteiger charge is -2.06. The van der Waals surface area contributed by atoms with Crippen molar-refractivity contribution in [1.82, 2.24) is 4.98 Å². The Kier molecular flexibility index (Phi) is 4.36. The fourth-order valence-electron chi connectivity index (χ4n) is 1.60. The maximum Gasteiger partial charge on any atom is 0.259 e. The van der Waals surface area contributed by atoms with Crippen molar-refractivity contribution >= 4 is 43.8 Å². The summed E-state index contributed by atoms with van der Waals surface area (Å²) in [5.74, 6) is -0.487. The van der Waals surface area contributed by atoms with Crippen LogP contribution in [-0.2, 0) is 9.84 Å². The Balaban J connectivity index is 2.34. The molecule has 2 aromatic rings. The van der Waals surface area contributed by atoms with Gasteiger partial charge in [0, 0.05) is 11.1 Å². The summed E-state index contributed by atoms with van der Waals surface area (Å²) in [6, 6.07) is 4.03. The predicted molar refractivity (Wildman–Crippen MR) is 84.1 cm³/mol. The molecule has 0 atom stereocenters.